The molecule has 0 aromatic heterocycles. The number of fused-ring (bicyclic) bond motifs is 1. The number of hydrogen-bond donors (Lipinski definition) is 1. The topological polar surface area (TPSA) is 81.7 Å². The maximum absolute atomic E-state index is 15.0. The molecular formula is C14H20F2NO5P. The van der Waals surface area contributed by atoms with Crippen LogP contribution in [0, 0.1) is 17.8 Å². The van der Waals surface area contributed by atoms with E-state index in [0.717, 1.165) is 0 Å². The maximum atomic E-state index is 15.0. The lowest BCUT2D eigenvalue weighted by atomic mass is 9.74. The Labute approximate surface area is 133 Å². The number of carbonyl (C=O) groups is 2. The van der Waals surface area contributed by atoms with Crippen molar-refractivity contribution in [2.24, 2.45) is 17.8 Å². The molecule has 2 amide bonds. The summed E-state index contributed by atoms with van der Waals surface area (Å²) in [6.45, 7) is 4.02. The second kappa shape index (κ2) is 6.42. The minimum atomic E-state index is -4.78. The summed E-state index contributed by atoms with van der Waals surface area (Å²) < 4.78 is 52.1. The summed E-state index contributed by atoms with van der Waals surface area (Å²) in [5.74, 6) is -5.20. The number of alkyl halides is 2. The number of imide groups is 1. The lowest BCUT2D eigenvalue weighted by Crippen LogP contribution is -2.41. The number of rotatable bonds is 6. The first kappa shape index (κ1) is 18.2. The predicted octanol–water partition coefficient (Wildman–Crippen LogP) is 2.70. The molecule has 6 nitrogen and oxygen atoms in total. The summed E-state index contributed by atoms with van der Waals surface area (Å²) in [7, 11) is -4.78. The largest absolute Gasteiger partial charge is 0.400 e. The average molecular weight is 351 g/mol. The molecule has 0 aromatic rings. The molecule has 130 valence electrons. The molecule has 1 N–H and O–H groups in total. The second-order valence-electron chi connectivity index (χ2n) is 5.65. The Hall–Kier alpha value is -1.11. The molecule has 0 radical (unpaired) electrons. The summed E-state index contributed by atoms with van der Waals surface area (Å²) in [4.78, 5) is 23.8. The van der Waals surface area contributed by atoms with Gasteiger partial charge in [0.15, 0.2) is 0 Å². The van der Waals surface area contributed by atoms with E-state index in [0.29, 0.717) is 5.57 Å². The molecule has 0 aromatic carbocycles. The molecular weight excluding hydrogens is 331 g/mol. The molecule has 23 heavy (non-hydrogen) atoms. The quantitative estimate of drug-likeness (QED) is 0.452. The average Bonchev–Trinajstić information content (AvgIpc) is 2.73. The van der Waals surface area contributed by atoms with Gasteiger partial charge in [0, 0.05) is 0 Å². The van der Waals surface area contributed by atoms with Crippen molar-refractivity contribution in [2.45, 2.75) is 32.9 Å². The standard InChI is InChI=1S/C14H20F2NO5P/c1-4-21-23(20,22-5-2)14(15,16)10-7-8(3)6-9-11(10)13(19)17-12(9)18/h7,9-11H,4-6H2,1-3H3,(H,17,18,19)/t9-,10+,11-/m1/s1. The maximum Gasteiger partial charge on any atom is 0.400 e. The van der Waals surface area contributed by atoms with Gasteiger partial charge < -0.3 is 9.05 Å². The molecule has 9 heteroatoms. The highest BCUT2D eigenvalue weighted by Crippen LogP contribution is 2.67. The molecule has 0 unspecified atom stereocenters. The summed E-state index contributed by atoms with van der Waals surface area (Å²) in [6, 6.07) is 0. The first-order chi connectivity index (χ1) is 10.7. The van der Waals surface area contributed by atoms with E-state index in [2.05, 4.69) is 5.32 Å². The monoisotopic (exact) mass is 351 g/mol. The van der Waals surface area contributed by atoms with Crippen LogP contribution in [0.3, 0.4) is 0 Å². The Morgan fingerprint density at radius 1 is 1.26 bits per heavy atom. The number of nitrogens with one attached hydrogen (secondary N) is 1. The molecule has 1 aliphatic carbocycles. The van der Waals surface area contributed by atoms with Crippen LogP contribution in [-0.4, -0.2) is 30.7 Å². The van der Waals surface area contributed by atoms with Gasteiger partial charge in [0.05, 0.1) is 31.0 Å². The number of hydrogen-bond acceptors (Lipinski definition) is 5. The lowest BCUT2D eigenvalue weighted by Gasteiger charge is -2.36. The number of amides is 2. The fourth-order valence-corrected chi connectivity index (χ4v) is 4.85. The highest BCUT2D eigenvalue weighted by molar-refractivity contribution is 7.55. The summed E-state index contributed by atoms with van der Waals surface area (Å²) in [6.07, 6.45) is 1.44. The van der Waals surface area contributed by atoms with Crippen molar-refractivity contribution in [1.29, 1.82) is 0 Å². The van der Waals surface area contributed by atoms with Crippen LogP contribution in [0.15, 0.2) is 11.6 Å². The van der Waals surface area contributed by atoms with Gasteiger partial charge in [-0.1, -0.05) is 11.6 Å². The summed E-state index contributed by atoms with van der Waals surface area (Å²) in [5, 5.41) is 2.08. The third-order valence-corrected chi connectivity index (χ3v) is 6.30. The summed E-state index contributed by atoms with van der Waals surface area (Å²) >= 11 is 0. The van der Waals surface area contributed by atoms with Gasteiger partial charge in [-0.2, -0.15) is 8.78 Å². The SMILES string of the molecule is CCOP(=O)(OCC)C(F)(F)[C@H]1C=C(C)C[C@H]2C(=O)NC(=O)[C@H]21. The van der Waals surface area contributed by atoms with Crippen LogP contribution in [0.5, 0.6) is 0 Å². The van der Waals surface area contributed by atoms with Crippen molar-refractivity contribution < 1.29 is 32.0 Å². The van der Waals surface area contributed by atoms with Crippen molar-refractivity contribution in [3.63, 3.8) is 0 Å². The van der Waals surface area contributed by atoms with Crippen molar-refractivity contribution in [2.75, 3.05) is 13.2 Å². The van der Waals surface area contributed by atoms with Gasteiger partial charge in [-0.05, 0) is 27.2 Å². The Kier molecular flexibility index (Phi) is 5.09. The highest BCUT2D eigenvalue weighted by Gasteiger charge is 2.64. The van der Waals surface area contributed by atoms with Gasteiger partial charge in [-0.15, -0.1) is 0 Å². The van der Waals surface area contributed by atoms with Gasteiger partial charge in [0.1, 0.15) is 0 Å². The van der Waals surface area contributed by atoms with Crippen LogP contribution in [0.4, 0.5) is 8.78 Å². The van der Waals surface area contributed by atoms with E-state index in [1.807, 2.05) is 0 Å². The molecule has 1 saturated heterocycles. The molecule has 1 aliphatic heterocycles. The molecule has 2 rings (SSSR count). The van der Waals surface area contributed by atoms with Gasteiger partial charge in [-0.25, -0.2) is 0 Å². The van der Waals surface area contributed by atoms with Crippen LogP contribution >= 0.6 is 7.60 Å². The van der Waals surface area contributed by atoms with Gasteiger partial charge in [0.25, 0.3) is 0 Å². The van der Waals surface area contributed by atoms with Crippen LogP contribution in [-0.2, 0) is 23.2 Å². The molecule has 2 aliphatic rings. The normalized spacial score (nSPS) is 28.4. The first-order valence-corrected chi connectivity index (χ1v) is 9.01. The fourth-order valence-electron chi connectivity index (χ4n) is 3.15. The van der Waals surface area contributed by atoms with Crippen molar-refractivity contribution in [1.82, 2.24) is 5.32 Å². The zero-order valence-corrected chi connectivity index (χ0v) is 14.1. The Bertz CT molecular complexity index is 582. The van der Waals surface area contributed by atoms with E-state index in [4.69, 9.17) is 9.05 Å². The number of halogens is 2. The Morgan fingerprint density at radius 2 is 1.83 bits per heavy atom. The third-order valence-electron chi connectivity index (χ3n) is 4.08. The molecule has 3 atom stereocenters. The van der Waals surface area contributed by atoms with Gasteiger partial charge in [-0.3, -0.25) is 19.5 Å². The smallest absolute Gasteiger partial charge is 0.305 e. The molecule has 1 heterocycles. The van der Waals surface area contributed by atoms with E-state index < -0.39 is 42.8 Å². The second-order valence-corrected chi connectivity index (χ2v) is 7.76. The number of allylic oxidation sites excluding steroid dienone is 2. The van der Waals surface area contributed by atoms with Crippen molar-refractivity contribution in [3.05, 3.63) is 11.6 Å². The Balaban J connectivity index is 2.47. The Morgan fingerprint density at radius 3 is 2.35 bits per heavy atom. The van der Waals surface area contributed by atoms with E-state index in [-0.39, 0.29) is 19.6 Å². The lowest BCUT2D eigenvalue weighted by molar-refractivity contribution is -0.128. The van der Waals surface area contributed by atoms with Gasteiger partial charge in [0.2, 0.25) is 11.8 Å². The van der Waals surface area contributed by atoms with E-state index >= 15 is 0 Å². The predicted molar refractivity (Wildman–Crippen MR) is 77.8 cm³/mol. The summed E-state index contributed by atoms with van der Waals surface area (Å²) in [5.41, 5.74) is -3.37. The third kappa shape index (κ3) is 2.99. The molecule has 0 bridgehead atoms. The van der Waals surface area contributed by atoms with E-state index in [1.165, 1.54) is 19.9 Å². The highest BCUT2D eigenvalue weighted by atomic mass is 31.2. The number of carbonyl (C=O) groups excluding carboxylic acids is 2. The minimum Gasteiger partial charge on any atom is -0.305 e. The zero-order chi connectivity index (χ0) is 17.4. The molecule has 1 fully saturated rings. The first-order valence-electron chi connectivity index (χ1n) is 7.47. The fraction of sp³-hybridized carbons (Fsp3) is 0.714. The van der Waals surface area contributed by atoms with Crippen LogP contribution in [0.2, 0.25) is 0 Å². The van der Waals surface area contributed by atoms with E-state index in [1.54, 1.807) is 6.92 Å². The van der Waals surface area contributed by atoms with Gasteiger partial charge >= 0.3 is 13.3 Å². The molecule has 0 saturated carbocycles. The van der Waals surface area contributed by atoms with Crippen LogP contribution in [0.1, 0.15) is 27.2 Å². The van der Waals surface area contributed by atoms with Crippen LogP contribution in [0.25, 0.3) is 0 Å². The van der Waals surface area contributed by atoms with Crippen molar-refractivity contribution in [3.8, 4) is 0 Å². The zero-order valence-electron chi connectivity index (χ0n) is 13.2. The minimum absolute atomic E-state index is 0.221. The van der Waals surface area contributed by atoms with Crippen molar-refractivity contribution >= 4 is 19.4 Å². The van der Waals surface area contributed by atoms with Crippen LogP contribution < -0.4 is 5.32 Å². The molecule has 0 spiro atoms. The van der Waals surface area contributed by atoms with E-state index in [9.17, 15) is 22.9 Å².